The number of ether oxygens (including phenoxy) is 1. The normalized spacial score (nSPS) is 11.8. The first-order valence-electron chi connectivity index (χ1n) is 3.94. The highest BCUT2D eigenvalue weighted by Crippen LogP contribution is 1.83. The van der Waals surface area contributed by atoms with E-state index in [2.05, 4.69) is 4.74 Å². The summed E-state index contributed by atoms with van der Waals surface area (Å²) in [5.41, 5.74) is 0. The molecule has 0 aliphatic carbocycles. The Morgan fingerprint density at radius 2 is 1.92 bits per heavy atom. The van der Waals surface area contributed by atoms with Crippen molar-refractivity contribution >= 4 is 5.97 Å². The predicted molar refractivity (Wildman–Crippen MR) is 49.7 cm³/mol. The molecule has 0 heterocycles. The van der Waals surface area contributed by atoms with Gasteiger partial charge in [0.05, 0.1) is 6.61 Å². The fourth-order valence-corrected chi connectivity index (χ4v) is 0.564. The second kappa shape index (κ2) is 7.79. The first kappa shape index (κ1) is 10.7. The summed E-state index contributed by atoms with van der Waals surface area (Å²) in [5.74, 6) is -0.303. The standard InChI is InChI=1S/C10H14O2/c1-3-5-6-7-8-9-10(11)12-4-2/h3,5-9H,4H2,1-2H3/b5-3+,7-6?,9-8?. The molecule has 0 atom stereocenters. The molecule has 0 saturated heterocycles. The lowest BCUT2D eigenvalue weighted by Gasteiger charge is -1.92. The largest absolute Gasteiger partial charge is 0.463 e. The van der Waals surface area contributed by atoms with Gasteiger partial charge in [-0.2, -0.15) is 0 Å². The topological polar surface area (TPSA) is 26.3 Å². The Labute approximate surface area is 73.2 Å². The fraction of sp³-hybridized carbons (Fsp3) is 0.300. The van der Waals surface area contributed by atoms with Gasteiger partial charge in [0.25, 0.3) is 0 Å². The average Bonchev–Trinajstić information content (AvgIpc) is 2.05. The molecule has 0 radical (unpaired) electrons. The molecule has 0 amide bonds. The van der Waals surface area contributed by atoms with E-state index in [0.717, 1.165) is 0 Å². The minimum Gasteiger partial charge on any atom is -0.463 e. The molecule has 0 aromatic carbocycles. The molecule has 12 heavy (non-hydrogen) atoms. The highest BCUT2D eigenvalue weighted by molar-refractivity contribution is 5.82. The number of allylic oxidation sites excluding steroid dienone is 5. The molecule has 0 saturated carbocycles. The van der Waals surface area contributed by atoms with Gasteiger partial charge in [-0.3, -0.25) is 0 Å². The lowest BCUT2D eigenvalue weighted by molar-refractivity contribution is -0.137. The zero-order valence-corrected chi connectivity index (χ0v) is 7.49. The van der Waals surface area contributed by atoms with E-state index in [4.69, 9.17) is 0 Å². The Balaban J connectivity index is 3.67. The van der Waals surface area contributed by atoms with Crippen LogP contribution in [-0.2, 0) is 9.53 Å². The van der Waals surface area contributed by atoms with E-state index in [0.29, 0.717) is 6.61 Å². The lowest BCUT2D eigenvalue weighted by atomic mass is 10.4. The van der Waals surface area contributed by atoms with Crippen molar-refractivity contribution in [2.45, 2.75) is 13.8 Å². The smallest absolute Gasteiger partial charge is 0.330 e. The Bertz CT molecular complexity index is 200. The average molecular weight is 166 g/mol. The molecule has 0 spiro atoms. The van der Waals surface area contributed by atoms with Gasteiger partial charge in [-0.1, -0.05) is 30.4 Å². The third-order valence-electron chi connectivity index (χ3n) is 1.04. The van der Waals surface area contributed by atoms with Crippen molar-refractivity contribution in [3.63, 3.8) is 0 Å². The number of rotatable bonds is 4. The maximum Gasteiger partial charge on any atom is 0.330 e. The monoisotopic (exact) mass is 166 g/mol. The minimum atomic E-state index is -0.303. The molecule has 0 aliphatic rings. The molecule has 0 rings (SSSR count). The molecular formula is C10H14O2. The SMILES string of the molecule is C/C=C/C=CC=CC(=O)OCC. The van der Waals surface area contributed by atoms with E-state index in [9.17, 15) is 4.79 Å². The summed E-state index contributed by atoms with van der Waals surface area (Å²) in [6.07, 6.45) is 10.5. The van der Waals surface area contributed by atoms with Crippen LogP contribution in [0.1, 0.15) is 13.8 Å². The van der Waals surface area contributed by atoms with E-state index in [-0.39, 0.29) is 5.97 Å². The molecular weight excluding hydrogens is 152 g/mol. The van der Waals surface area contributed by atoms with Crippen LogP contribution in [0.25, 0.3) is 0 Å². The molecule has 66 valence electrons. The maximum atomic E-state index is 10.7. The summed E-state index contributed by atoms with van der Waals surface area (Å²) < 4.78 is 4.67. The van der Waals surface area contributed by atoms with Gasteiger partial charge in [-0.15, -0.1) is 0 Å². The van der Waals surface area contributed by atoms with Gasteiger partial charge in [0, 0.05) is 6.08 Å². The predicted octanol–water partition coefficient (Wildman–Crippen LogP) is 2.24. The van der Waals surface area contributed by atoms with Gasteiger partial charge in [0.15, 0.2) is 0 Å². The van der Waals surface area contributed by atoms with Gasteiger partial charge in [0.2, 0.25) is 0 Å². The van der Waals surface area contributed by atoms with Crippen LogP contribution in [-0.4, -0.2) is 12.6 Å². The van der Waals surface area contributed by atoms with Crippen molar-refractivity contribution in [3.8, 4) is 0 Å². The van der Waals surface area contributed by atoms with Crippen LogP contribution >= 0.6 is 0 Å². The van der Waals surface area contributed by atoms with Crippen molar-refractivity contribution in [2.75, 3.05) is 6.61 Å². The van der Waals surface area contributed by atoms with Crippen LogP contribution in [0.4, 0.5) is 0 Å². The molecule has 0 aromatic rings. The van der Waals surface area contributed by atoms with E-state index in [1.54, 1.807) is 19.1 Å². The summed E-state index contributed by atoms with van der Waals surface area (Å²) in [4.78, 5) is 10.7. The summed E-state index contributed by atoms with van der Waals surface area (Å²) >= 11 is 0. The summed E-state index contributed by atoms with van der Waals surface area (Å²) in [7, 11) is 0. The molecule has 2 heteroatoms. The van der Waals surface area contributed by atoms with Crippen LogP contribution in [0.2, 0.25) is 0 Å². The molecule has 0 aromatic heterocycles. The molecule has 0 N–H and O–H groups in total. The number of carbonyl (C=O) groups is 1. The highest BCUT2D eigenvalue weighted by Gasteiger charge is 1.89. The Kier molecular flexibility index (Phi) is 6.94. The fourth-order valence-electron chi connectivity index (χ4n) is 0.564. The number of hydrogen-bond donors (Lipinski definition) is 0. The van der Waals surface area contributed by atoms with E-state index in [1.165, 1.54) is 6.08 Å². The van der Waals surface area contributed by atoms with Crippen LogP contribution in [0.5, 0.6) is 0 Å². The van der Waals surface area contributed by atoms with Gasteiger partial charge in [-0.05, 0) is 13.8 Å². The molecule has 0 bridgehead atoms. The Hall–Kier alpha value is -1.31. The van der Waals surface area contributed by atoms with Crippen LogP contribution in [0, 0.1) is 0 Å². The molecule has 0 fully saturated rings. The van der Waals surface area contributed by atoms with Gasteiger partial charge >= 0.3 is 5.97 Å². The van der Waals surface area contributed by atoms with Crippen molar-refractivity contribution in [1.29, 1.82) is 0 Å². The Morgan fingerprint density at radius 3 is 2.50 bits per heavy atom. The quantitative estimate of drug-likeness (QED) is 0.363. The minimum absolute atomic E-state index is 0.303. The molecule has 0 unspecified atom stereocenters. The number of esters is 1. The first-order valence-corrected chi connectivity index (χ1v) is 3.94. The van der Waals surface area contributed by atoms with Crippen LogP contribution < -0.4 is 0 Å². The first-order chi connectivity index (χ1) is 5.81. The van der Waals surface area contributed by atoms with E-state index < -0.39 is 0 Å². The van der Waals surface area contributed by atoms with Crippen molar-refractivity contribution < 1.29 is 9.53 Å². The van der Waals surface area contributed by atoms with Gasteiger partial charge in [-0.25, -0.2) is 4.79 Å². The second-order valence-corrected chi connectivity index (χ2v) is 2.02. The molecule has 0 aliphatic heterocycles. The van der Waals surface area contributed by atoms with Gasteiger partial charge < -0.3 is 4.74 Å². The van der Waals surface area contributed by atoms with Crippen molar-refractivity contribution in [1.82, 2.24) is 0 Å². The van der Waals surface area contributed by atoms with E-state index >= 15 is 0 Å². The van der Waals surface area contributed by atoms with Crippen molar-refractivity contribution in [2.24, 2.45) is 0 Å². The van der Waals surface area contributed by atoms with Crippen molar-refractivity contribution in [3.05, 3.63) is 36.5 Å². The summed E-state index contributed by atoms with van der Waals surface area (Å²) in [6.45, 7) is 4.13. The van der Waals surface area contributed by atoms with Crippen LogP contribution in [0.15, 0.2) is 36.5 Å². The number of hydrogen-bond acceptors (Lipinski definition) is 2. The zero-order chi connectivity index (χ0) is 9.23. The highest BCUT2D eigenvalue weighted by atomic mass is 16.5. The van der Waals surface area contributed by atoms with E-state index in [1.807, 2.05) is 25.2 Å². The third kappa shape index (κ3) is 6.81. The third-order valence-corrected chi connectivity index (χ3v) is 1.04. The maximum absolute atomic E-state index is 10.7. The molecule has 2 nitrogen and oxygen atoms in total. The second-order valence-electron chi connectivity index (χ2n) is 2.02. The zero-order valence-electron chi connectivity index (χ0n) is 7.49. The Morgan fingerprint density at radius 1 is 1.25 bits per heavy atom. The van der Waals surface area contributed by atoms with Gasteiger partial charge in [0.1, 0.15) is 0 Å². The summed E-state index contributed by atoms with van der Waals surface area (Å²) in [6, 6.07) is 0. The van der Waals surface area contributed by atoms with Crippen LogP contribution in [0.3, 0.4) is 0 Å². The lowest BCUT2D eigenvalue weighted by Crippen LogP contribution is -1.98. The number of carbonyl (C=O) groups excluding carboxylic acids is 1. The summed E-state index contributed by atoms with van der Waals surface area (Å²) in [5, 5.41) is 0.